The van der Waals surface area contributed by atoms with E-state index in [4.69, 9.17) is 9.15 Å². The van der Waals surface area contributed by atoms with Gasteiger partial charge in [0.2, 0.25) is 0 Å². The van der Waals surface area contributed by atoms with Gasteiger partial charge in [-0.15, -0.1) is 0 Å². The summed E-state index contributed by atoms with van der Waals surface area (Å²) in [6.45, 7) is 4.99. The number of aliphatic hydroxyl groups excluding tert-OH is 1. The lowest BCUT2D eigenvalue weighted by Crippen LogP contribution is -2.41. The van der Waals surface area contributed by atoms with Crippen molar-refractivity contribution in [2.45, 2.75) is 51.0 Å². The van der Waals surface area contributed by atoms with E-state index in [2.05, 4.69) is 19.2 Å². The monoisotopic (exact) mass is 239 g/mol. The summed E-state index contributed by atoms with van der Waals surface area (Å²) >= 11 is 0. The molecule has 2 heterocycles. The van der Waals surface area contributed by atoms with Gasteiger partial charge in [0.05, 0.1) is 12.4 Å². The number of hydrogen-bond acceptors (Lipinski definition) is 4. The molecule has 0 aliphatic carbocycles. The highest BCUT2D eigenvalue weighted by Crippen LogP contribution is 2.20. The van der Waals surface area contributed by atoms with E-state index in [9.17, 15) is 5.11 Å². The smallest absolute Gasteiger partial charge is 0.132 e. The van der Waals surface area contributed by atoms with Crippen molar-refractivity contribution < 1.29 is 14.3 Å². The summed E-state index contributed by atoms with van der Waals surface area (Å²) < 4.78 is 10.7. The summed E-state index contributed by atoms with van der Waals surface area (Å²) in [7, 11) is 0. The molecular formula is C13H21NO3. The van der Waals surface area contributed by atoms with E-state index in [1.165, 1.54) is 0 Å². The van der Waals surface area contributed by atoms with Crippen LogP contribution in [0.5, 0.6) is 0 Å². The topological polar surface area (TPSA) is 54.6 Å². The van der Waals surface area contributed by atoms with Gasteiger partial charge in [0.1, 0.15) is 11.9 Å². The predicted octanol–water partition coefficient (Wildman–Crippen LogP) is 1.86. The second-order valence-corrected chi connectivity index (χ2v) is 4.81. The minimum absolute atomic E-state index is 0.240. The van der Waals surface area contributed by atoms with Gasteiger partial charge in [0.15, 0.2) is 0 Å². The third kappa shape index (κ3) is 3.31. The molecule has 0 saturated carbocycles. The Balaban J connectivity index is 1.79. The van der Waals surface area contributed by atoms with E-state index < -0.39 is 6.10 Å². The predicted molar refractivity (Wildman–Crippen MR) is 64.7 cm³/mol. The zero-order valence-corrected chi connectivity index (χ0v) is 10.4. The summed E-state index contributed by atoms with van der Waals surface area (Å²) in [6.07, 6.45) is 3.01. The van der Waals surface area contributed by atoms with Gasteiger partial charge in [-0.2, -0.15) is 0 Å². The molecule has 1 saturated heterocycles. The molecule has 2 N–H and O–H groups in total. The van der Waals surface area contributed by atoms with E-state index in [0.717, 1.165) is 13.0 Å². The van der Waals surface area contributed by atoms with Gasteiger partial charge in [-0.05, 0) is 38.8 Å². The van der Waals surface area contributed by atoms with Crippen LogP contribution < -0.4 is 5.32 Å². The van der Waals surface area contributed by atoms with Crippen molar-refractivity contribution in [2.24, 2.45) is 0 Å². The molecule has 1 fully saturated rings. The molecule has 1 aliphatic heterocycles. The summed E-state index contributed by atoms with van der Waals surface area (Å²) in [4.78, 5) is 0. The van der Waals surface area contributed by atoms with E-state index in [0.29, 0.717) is 18.2 Å². The van der Waals surface area contributed by atoms with Crippen molar-refractivity contribution in [3.63, 3.8) is 0 Å². The van der Waals surface area contributed by atoms with Gasteiger partial charge in [-0.3, -0.25) is 0 Å². The third-order valence-corrected chi connectivity index (χ3v) is 3.32. The summed E-state index contributed by atoms with van der Waals surface area (Å²) in [5.41, 5.74) is 0. The van der Waals surface area contributed by atoms with E-state index in [1.54, 1.807) is 18.4 Å². The lowest BCUT2D eigenvalue weighted by molar-refractivity contribution is 0.102. The molecule has 4 nitrogen and oxygen atoms in total. The summed E-state index contributed by atoms with van der Waals surface area (Å²) in [6, 6.07) is 4.24. The maximum absolute atomic E-state index is 9.95. The van der Waals surface area contributed by atoms with Crippen LogP contribution in [0.15, 0.2) is 22.8 Å². The zero-order chi connectivity index (χ0) is 12.3. The Hall–Kier alpha value is -0.840. The molecule has 4 heteroatoms. The van der Waals surface area contributed by atoms with Gasteiger partial charge in [0, 0.05) is 18.7 Å². The highest BCUT2D eigenvalue weighted by Gasteiger charge is 2.26. The van der Waals surface area contributed by atoms with E-state index in [1.807, 2.05) is 0 Å². The quantitative estimate of drug-likeness (QED) is 0.823. The standard InChI is InChI=1S/C13H21NO3/c1-9(14-11-5-7-16-10(11)2)8-12(15)13-4-3-6-17-13/h3-4,6,9-12,14-15H,5,7-8H2,1-2H3. The molecule has 1 aromatic heterocycles. The highest BCUT2D eigenvalue weighted by atomic mass is 16.5. The van der Waals surface area contributed by atoms with Crippen molar-refractivity contribution in [1.82, 2.24) is 5.32 Å². The fourth-order valence-electron chi connectivity index (χ4n) is 2.32. The number of rotatable bonds is 5. The molecule has 0 bridgehead atoms. The first-order chi connectivity index (χ1) is 8.16. The van der Waals surface area contributed by atoms with Crippen molar-refractivity contribution in [3.05, 3.63) is 24.2 Å². The number of aliphatic hydroxyl groups is 1. The minimum Gasteiger partial charge on any atom is -0.467 e. The lowest BCUT2D eigenvalue weighted by Gasteiger charge is -2.23. The first kappa shape index (κ1) is 12.6. The maximum Gasteiger partial charge on any atom is 0.132 e. The second kappa shape index (κ2) is 5.67. The summed E-state index contributed by atoms with van der Waals surface area (Å²) in [5.74, 6) is 0.634. The SMILES string of the molecule is CC(CC(O)c1ccco1)NC1CCOC1C. The molecule has 0 radical (unpaired) electrons. The average molecular weight is 239 g/mol. The largest absolute Gasteiger partial charge is 0.467 e. The van der Waals surface area contributed by atoms with Crippen molar-refractivity contribution in [1.29, 1.82) is 0 Å². The Kier molecular flexibility index (Phi) is 4.20. The molecule has 0 aromatic carbocycles. The Morgan fingerprint density at radius 1 is 1.59 bits per heavy atom. The first-order valence-electron chi connectivity index (χ1n) is 6.26. The molecule has 0 amide bonds. The molecule has 1 aliphatic rings. The number of ether oxygens (including phenoxy) is 1. The van der Waals surface area contributed by atoms with Crippen LogP contribution in [0.4, 0.5) is 0 Å². The van der Waals surface area contributed by atoms with Crippen LogP contribution in [0.1, 0.15) is 38.6 Å². The molecule has 96 valence electrons. The van der Waals surface area contributed by atoms with Gasteiger partial charge in [0.25, 0.3) is 0 Å². The molecule has 17 heavy (non-hydrogen) atoms. The van der Waals surface area contributed by atoms with Crippen LogP contribution >= 0.6 is 0 Å². The van der Waals surface area contributed by atoms with E-state index in [-0.39, 0.29) is 12.1 Å². The lowest BCUT2D eigenvalue weighted by atomic mass is 10.1. The van der Waals surface area contributed by atoms with Crippen molar-refractivity contribution >= 4 is 0 Å². The Labute approximate surface area is 102 Å². The Morgan fingerprint density at radius 2 is 2.41 bits per heavy atom. The maximum atomic E-state index is 9.95. The molecule has 4 unspecified atom stereocenters. The Morgan fingerprint density at radius 3 is 3.00 bits per heavy atom. The first-order valence-corrected chi connectivity index (χ1v) is 6.26. The van der Waals surface area contributed by atoms with Crippen LogP contribution in [0, 0.1) is 0 Å². The van der Waals surface area contributed by atoms with Crippen LogP contribution in [-0.4, -0.2) is 29.9 Å². The van der Waals surface area contributed by atoms with Crippen LogP contribution in [0.2, 0.25) is 0 Å². The minimum atomic E-state index is -0.537. The van der Waals surface area contributed by atoms with Gasteiger partial charge >= 0.3 is 0 Å². The number of furan rings is 1. The normalized spacial score (nSPS) is 28.2. The third-order valence-electron chi connectivity index (χ3n) is 3.32. The zero-order valence-electron chi connectivity index (χ0n) is 10.4. The van der Waals surface area contributed by atoms with Gasteiger partial charge in [-0.25, -0.2) is 0 Å². The molecule has 1 aromatic rings. The second-order valence-electron chi connectivity index (χ2n) is 4.81. The van der Waals surface area contributed by atoms with Crippen LogP contribution in [0.25, 0.3) is 0 Å². The highest BCUT2D eigenvalue weighted by molar-refractivity contribution is 5.02. The van der Waals surface area contributed by atoms with Crippen molar-refractivity contribution in [3.8, 4) is 0 Å². The molecule has 4 atom stereocenters. The molecule has 0 spiro atoms. The molecule has 2 rings (SSSR count). The number of hydrogen-bond donors (Lipinski definition) is 2. The summed E-state index contributed by atoms with van der Waals surface area (Å²) in [5, 5.41) is 13.4. The fraction of sp³-hybridized carbons (Fsp3) is 0.692. The van der Waals surface area contributed by atoms with Gasteiger partial charge < -0.3 is 19.6 Å². The molecular weight excluding hydrogens is 218 g/mol. The van der Waals surface area contributed by atoms with Crippen LogP contribution in [0.3, 0.4) is 0 Å². The van der Waals surface area contributed by atoms with E-state index >= 15 is 0 Å². The average Bonchev–Trinajstić information content (AvgIpc) is 2.90. The van der Waals surface area contributed by atoms with Crippen molar-refractivity contribution in [2.75, 3.05) is 6.61 Å². The number of nitrogens with one attached hydrogen (secondary N) is 1. The van der Waals surface area contributed by atoms with Gasteiger partial charge in [-0.1, -0.05) is 0 Å². The Bertz CT molecular complexity index is 325. The fourth-order valence-corrected chi connectivity index (χ4v) is 2.32. The van der Waals surface area contributed by atoms with Crippen LogP contribution in [-0.2, 0) is 4.74 Å².